The third kappa shape index (κ3) is 4.45. The summed E-state index contributed by atoms with van der Waals surface area (Å²) in [6.07, 6.45) is 3.14. The van der Waals surface area contributed by atoms with E-state index in [1.807, 2.05) is 74.5 Å². The highest BCUT2D eigenvalue weighted by atomic mass is 16.2. The zero-order valence-electron chi connectivity index (χ0n) is 15.0. The topological polar surface area (TPSA) is 58.1 Å². The highest BCUT2D eigenvalue weighted by Crippen LogP contribution is 2.20. The van der Waals surface area contributed by atoms with Crippen LogP contribution in [0.1, 0.15) is 29.8 Å². The van der Waals surface area contributed by atoms with Crippen LogP contribution in [-0.2, 0) is 6.54 Å². The zero-order valence-corrected chi connectivity index (χ0v) is 15.0. The first-order chi connectivity index (χ1) is 12.6. The number of amides is 1. The molecular weight excluding hydrogens is 324 g/mol. The van der Waals surface area contributed by atoms with Crippen LogP contribution in [0.3, 0.4) is 0 Å². The van der Waals surface area contributed by atoms with E-state index in [0.717, 1.165) is 11.3 Å². The number of benzene rings is 2. The summed E-state index contributed by atoms with van der Waals surface area (Å²) in [4.78, 5) is 23.4. The van der Waals surface area contributed by atoms with Crippen LogP contribution in [0, 0.1) is 0 Å². The molecule has 5 heteroatoms. The number of nitrogens with one attached hydrogen (secondary N) is 1. The van der Waals surface area contributed by atoms with Crippen molar-refractivity contribution in [3.05, 3.63) is 84.2 Å². The maximum atomic E-state index is 13.1. The van der Waals surface area contributed by atoms with E-state index in [1.54, 1.807) is 17.3 Å². The third-order valence-electron chi connectivity index (χ3n) is 3.81. The van der Waals surface area contributed by atoms with Crippen molar-refractivity contribution in [1.82, 2.24) is 9.97 Å². The number of rotatable bonds is 6. The number of para-hydroxylation sites is 1. The van der Waals surface area contributed by atoms with E-state index in [1.165, 1.54) is 0 Å². The Morgan fingerprint density at radius 3 is 2.12 bits per heavy atom. The first-order valence-corrected chi connectivity index (χ1v) is 8.63. The molecule has 0 spiro atoms. The van der Waals surface area contributed by atoms with Crippen LogP contribution in [0.4, 0.5) is 11.6 Å². The Morgan fingerprint density at radius 1 is 0.962 bits per heavy atom. The minimum Gasteiger partial charge on any atom is -0.352 e. The molecule has 0 saturated carbocycles. The normalized spacial score (nSPS) is 10.6. The molecule has 0 saturated heterocycles. The molecule has 0 unspecified atom stereocenters. The van der Waals surface area contributed by atoms with Gasteiger partial charge in [-0.2, -0.15) is 0 Å². The Morgan fingerprint density at radius 2 is 1.54 bits per heavy atom. The third-order valence-corrected chi connectivity index (χ3v) is 3.81. The monoisotopic (exact) mass is 346 g/mol. The van der Waals surface area contributed by atoms with Crippen LogP contribution < -0.4 is 10.2 Å². The number of hydrogen-bond acceptors (Lipinski definition) is 4. The quantitative estimate of drug-likeness (QED) is 0.729. The Balaban J connectivity index is 1.87. The SMILES string of the molecule is CC(C)Nc1ncc(C(=O)N(Cc2ccccc2)c2ccccc2)cn1. The number of carbonyl (C=O) groups excluding carboxylic acids is 1. The van der Waals surface area contributed by atoms with Crippen molar-refractivity contribution in [2.75, 3.05) is 10.2 Å². The smallest absolute Gasteiger partial charge is 0.261 e. The van der Waals surface area contributed by atoms with Crippen molar-refractivity contribution in [3.8, 4) is 0 Å². The Hall–Kier alpha value is -3.21. The molecule has 1 heterocycles. The molecule has 132 valence electrons. The number of carbonyl (C=O) groups is 1. The lowest BCUT2D eigenvalue weighted by Crippen LogP contribution is -2.30. The summed E-state index contributed by atoms with van der Waals surface area (Å²) in [5, 5.41) is 3.12. The molecule has 0 radical (unpaired) electrons. The summed E-state index contributed by atoms with van der Waals surface area (Å²) in [5.74, 6) is 0.391. The summed E-state index contributed by atoms with van der Waals surface area (Å²) in [7, 11) is 0. The molecule has 0 bridgehead atoms. The molecule has 1 amide bonds. The van der Waals surface area contributed by atoms with Crippen molar-refractivity contribution in [3.63, 3.8) is 0 Å². The maximum absolute atomic E-state index is 13.1. The van der Waals surface area contributed by atoms with E-state index in [9.17, 15) is 4.79 Å². The minimum atomic E-state index is -0.129. The van der Waals surface area contributed by atoms with E-state index in [2.05, 4.69) is 15.3 Å². The largest absolute Gasteiger partial charge is 0.352 e. The number of anilines is 2. The van der Waals surface area contributed by atoms with E-state index in [0.29, 0.717) is 18.1 Å². The molecule has 1 aromatic heterocycles. The lowest BCUT2D eigenvalue weighted by Gasteiger charge is -2.23. The van der Waals surface area contributed by atoms with E-state index >= 15 is 0 Å². The van der Waals surface area contributed by atoms with Crippen LogP contribution in [-0.4, -0.2) is 21.9 Å². The fourth-order valence-corrected chi connectivity index (χ4v) is 2.58. The number of nitrogens with zero attached hydrogens (tertiary/aromatic N) is 3. The Bertz CT molecular complexity index is 833. The summed E-state index contributed by atoms with van der Waals surface area (Å²) in [5.41, 5.74) is 2.36. The van der Waals surface area contributed by atoms with Crippen LogP contribution >= 0.6 is 0 Å². The molecular formula is C21H22N4O. The highest BCUT2D eigenvalue weighted by molar-refractivity contribution is 6.05. The molecule has 1 N–H and O–H groups in total. The maximum Gasteiger partial charge on any atom is 0.261 e. The first-order valence-electron chi connectivity index (χ1n) is 8.63. The van der Waals surface area contributed by atoms with Crippen molar-refractivity contribution in [2.24, 2.45) is 0 Å². The van der Waals surface area contributed by atoms with Crippen molar-refractivity contribution < 1.29 is 4.79 Å². The van der Waals surface area contributed by atoms with E-state index < -0.39 is 0 Å². The predicted molar refractivity (Wildman–Crippen MR) is 104 cm³/mol. The number of hydrogen-bond donors (Lipinski definition) is 1. The summed E-state index contributed by atoms with van der Waals surface area (Å²) >= 11 is 0. The van der Waals surface area contributed by atoms with Gasteiger partial charge in [-0.15, -0.1) is 0 Å². The van der Waals surface area contributed by atoms with Gasteiger partial charge in [0.15, 0.2) is 0 Å². The van der Waals surface area contributed by atoms with Gasteiger partial charge in [-0.05, 0) is 31.5 Å². The zero-order chi connectivity index (χ0) is 18.4. The average molecular weight is 346 g/mol. The van der Waals surface area contributed by atoms with Crippen LogP contribution in [0.2, 0.25) is 0 Å². The van der Waals surface area contributed by atoms with Gasteiger partial charge in [0.25, 0.3) is 5.91 Å². The molecule has 26 heavy (non-hydrogen) atoms. The van der Waals surface area contributed by atoms with Crippen LogP contribution in [0.25, 0.3) is 0 Å². The fourth-order valence-electron chi connectivity index (χ4n) is 2.58. The Labute approximate surface area is 153 Å². The van der Waals surface area contributed by atoms with Gasteiger partial charge in [0.1, 0.15) is 0 Å². The summed E-state index contributed by atoms with van der Waals surface area (Å²) < 4.78 is 0. The molecule has 3 aromatic rings. The van der Waals surface area contributed by atoms with Gasteiger partial charge in [0, 0.05) is 24.1 Å². The molecule has 0 aliphatic carbocycles. The molecule has 2 aromatic carbocycles. The van der Waals surface area contributed by atoms with Crippen molar-refractivity contribution in [1.29, 1.82) is 0 Å². The van der Waals surface area contributed by atoms with Gasteiger partial charge in [-0.1, -0.05) is 48.5 Å². The fraction of sp³-hybridized carbons (Fsp3) is 0.190. The average Bonchev–Trinajstić information content (AvgIpc) is 2.67. The van der Waals surface area contributed by atoms with E-state index in [4.69, 9.17) is 0 Å². The van der Waals surface area contributed by atoms with Crippen molar-refractivity contribution in [2.45, 2.75) is 26.4 Å². The van der Waals surface area contributed by atoms with Gasteiger partial charge in [0.05, 0.1) is 12.1 Å². The molecule has 0 aliphatic rings. The lowest BCUT2D eigenvalue weighted by atomic mass is 10.1. The highest BCUT2D eigenvalue weighted by Gasteiger charge is 2.19. The molecule has 0 fully saturated rings. The molecule has 5 nitrogen and oxygen atoms in total. The standard InChI is InChI=1S/C21H22N4O/c1-16(2)24-21-22-13-18(14-23-21)20(26)25(19-11-7-4-8-12-19)15-17-9-5-3-6-10-17/h3-14,16H,15H2,1-2H3,(H,22,23,24). The second-order valence-electron chi connectivity index (χ2n) is 6.31. The predicted octanol–water partition coefficient (Wildman–Crippen LogP) is 4.14. The molecule has 3 rings (SSSR count). The summed E-state index contributed by atoms with van der Waals surface area (Å²) in [6.45, 7) is 4.51. The molecule has 0 atom stereocenters. The second-order valence-corrected chi connectivity index (χ2v) is 6.31. The van der Waals surface area contributed by atoms with Gasteiger partial charge in [0.2, 0.25) is 5.95 Å². The van der Waals surface area contributed by atoms with Gasteiger partial charge >= 0.3 is 0 Å². The van der Waals surface area contributed by atoms with Crippen LogP contribution in [0.15, 0.2) is 73.1 Å². The molecule has 0 aliphatic heterocycles. The van der Waals surface area contributed by atoms with Gasteiger partial charge in [-0.25, -0.2) is 9.97 Å². The summed E-state index contributed by atoms with van der Waals surface area (Å²) in [6, 6.07) is 19.8. The second kappa shape index (κ2) is 8.25. The lowest BCUT2D eigenvalue weighted by molar-refractivity contribution is 0.0984. The Kier molecular flexibility index (Phi) is 5.59. The van der Waals surface area contributed by atoms with Gasteiger partial charge in [-0.3, -0.25) is 4.79 Å². The number of aromatic nitrogens is 2. The van der Waals surface area contributed by atoms with Crippen molar-refractivity contribution >= 4 is 17.5 Å². The first kappa shape index (κ1) is 17.6. The van der Waals surface area contributed by atoms with E-state index in [-0.39, 0.29) is 11.9 Å². The minimum absolute atomic E-state index is 0.129. The van der Waals surface area contributed by atoms with Crippen LogP contribution in [0.5, 0.6) is 0 Å². The van der Waals surface area contributed by atoms with Gasteiger partial charge < -0.3 is 10.2 Å².